The quantitative estimate of drug-likeness (QED) is 0.661. The van der Waals surface area contributed by atoms with Gasteiger partial charge in [0.15, 0.2) is 0 Å². The molecule has 3 N–H and O–H groups in total. The Kier molecular flexibility index (Phi) is 4.29. The van der Waals surface area contributed by atoms with Crippen molar-refractivity contribution in [1.82, 2.24) is 0 Å². The maximum Gasteiger partial charge on any atom is 0.0511 e. The monoisotopic (exact) mass is 332 g/mol. The Bertz CT molecular complexity index is 351. The number of rotatable bonds is 3. The van der Waals surface area contributed by atoms with Gasteiger partial charge in [0.25, 0.3) is 0 Å². The van der Waals surface area contributed by atoms with Gasteiger partial charge in [0.2, 0.25) is 0 Å². The molecule has 1 heterocycles. The molecule has 0 bridgehead atoms. The van der Waals surface area contributed by atoms with Crippen LogP contribution in [0.3, 0.4) is 0 Å². The van der Waals surface area contributed by atoms with Crippen molar-refractivity contribution in [2.45, 2.75) is 12.8 Å². The van der Waals surface area contributed by atoms with Crippen LogP contribution in [0.1, 0.15) is 12.8 Å². The highest BCUT2D eigenvalue weighted by Crippen LogP contribution is 2.22. The fraction of sp³-hybridized carbons (Fsp3) is 0.500. The smallest absolute Gasteiger partial charge is 0.0511 e. The van der Waals surface area contributed by atoms with Gasteiger partial charge < -0.3 is 15.8 Å². The second-order valence-electron chi connectivity index (χ2n) is 4.20. The molecule has 0 saturated carbocycles. The molecule has 1 atom stereocenters. The molecular formula is C12H17IN2O. The first-order valence-electron chi connectivity index (χ1n) is 5.62. The molecule has 0 aromatic heterocycles. The van der Waals surface area contributed by atoms with Crippen molar-refractivity contribution in [2.24, 2.45) is 5.92 Å². The molecular weight excluding hydrogens is 315 g/mol. The van der Waals surface area contributed by atoms with Crippen molar-refractivity contribution < 1.29 is 4.74 Å². The molecule has 1 aromatic carbocycles. The third-order valence-corrected chi connectivity index (χ3v) is 3.72. The van der Waals surface area contributed by atoms with Crippen molar-refractivity contribution in [3.8, 4) is 0 Å². The molecule has 16 heavy (non-hydrogen) atoms. The Hall–Kier alpha value is -0.490. The van der Waals surface area contributed by atoms with E-state index in [1.54, 1.807) is 0 Å². The van der Waals surface area contributed by atoms with Gasteiger partial charge in [0.05, 0.1) is 6.61 Å². The molecule has 2 rings (SSSR count). The zero-order chi connectivity index (χ0) is 11.4. The summed E-state index contributed by atoms with van der Waals surface area (Å²) in [5.74, 6) is 0.641. The number of ether oxygens (including phenoxy) is 1. The molecule has 88 valence electrons. The zero-order valence-corrected chi connectivity index (χ0v) is 11.4. The van der Waals surface area contributed by atoms with E-state index < -0.39 is 0 Å². The van der Waals surface area contributed by atoms with Gasteiger partial charge in [-0.25, -0.2) is 0 Å². The van der Waals surface area contributed by atoms with Crippen LogP contribution in [0.2, 0.25) is 0 Å². The predicted octanol–water partition coefficient (Wildman–Crippen LogP) is 2.71. The average molecular weight is 332 g/mol. The zero-order valence-electron chi connectivity index (χ0n) is 9.21. The largest absolute Gasteiger partial charge is 0.399 e. The average Bonchev–Trinajstić information content (AvgIpc) is 2.29. The van der Waals surface area contributed by atoms with Crippen LogP contribution in [-0.2, 0) is 4.74 Å². The summed E-state index contributed by atoms with van der Waals surface area (Å²) in [7, 11) is 0. The number of anilines is 2. The van der Waals surface area contributed by atoms with Gasteiger partial charge in [-0.2, -0.15) is 0 Å². The number of hydrogen-bond donors (Lipinski definition) is 2. The molecule has 1 unspecified atom stereocenters. The van der Waals surface area contributed by atoms with Crippen LogP contribution in [0.4, 0.5) is 11.4 Å². The van der Waals surface area contributed by atoms with Crippen LogP contribution < -0.4 is 11.1 Å². The molecule has 0 amide bonds. The van der Waals surface area contributed by atoms with Crippen molar-refractivity contribution in [3.05, 3.63) is 21.8 Å². The summed E-state index contributed by atoms with van der Waals surface area (Å²) >= 11 is 2.31. The Morgan fingerprint density at radius 3 is 3.06 bits per heavy atom. The minimum atomic E-state index is 0.641. The topological polar surface area (TPSA) is 47.3 Å². The lowest BCUT2D eigenvalue weighted by Crippen LogP contribution is -2.24. The Labute approximate surface area is 110 Å². The lowest BCUT2D eigenvalue weighted by atomic mass is 10.0. The summed E-state index contributed by atoms with van der Waals surface area (Å²) in [5.41, 5.74) is 7.70. The summed E-state index contributed by atoms with van der Waals surface area (Å²) in [5, 5.41) is 3.47. The van der Waals surface area contributed by atoms with Crippen molar-refractivity contribution >= 4 is 34.0 Å². The van der Waals surface area contributed by atoms with E-state index in [4.69, 9.17) is 10.5 Å². The molecule has 0 radical (unpaired) electrons. The fourth-order valence-electron chi connectivity index (χ4n) is 1.90. The standard InChI is InChI=1S/C12H17IN2O/c13-11-6-10(14)3-4-12(11)15-7-9-2-1-5-16-8-9/h3-4,6,9,15H,1-2,5,7-8,14H2. The summed E-state index contributed by atoms with van der Waals surface area (Å²) in [6.45, 7) is 2.80. The van der Waals surface area contributed by atoms with Crippen molar-refractivity contribution in [3.63, 3.8) is 0 Å². The highest BCUT2D eigenvalue weighted by Gasteiger charge is 2.13. The van der Waals surface area contributed by atoms with Crippen LogP contribution in [0.15, 0.2) is 18.2 Å². The van der Waals surface area contributed by atoms with Gasteiger partial charge >= 0.3 is 0 Å². The molecule has 1 aromatic rings. The van der Waals surface area contributed by atoms with Crippen LogP contribution in [0.25, 0.3) is 0 Å². The van der Waals surface area contributed by atoms with Gasteiger partial charge in [0.1, 0.15) is 0 Å². The van der Waals surface area contributed by atoms with Gasteiger partial charge in [-0.05, 0) is 59.5 Å². The second kappa shape index (κ2) is 5.72. The van der Waals surface area contributed by atoms with Gasteiger partial charge in [-0.3, -0.25) is 0 Å². The lowest BCUT2D eigenvalue weighted by molar-refractivity contribution is 0.0595. The number of hydrogen-bond acceptors (Lipinski definition) is 3. The van der Waals surface area contributed by atoms with Crippen LogP contribution in [-0.4, -0.2) is 19.8 Å². The third-order valence-electron chi connectivity index (χ3n) is 2.83. The number of benzene rings is 1. The lowest BCUT2D eigenvalue weighted by Gasteiger charge is -2.23. The maximum atomic E-state index is 5.71. The SMILES string of the molecule is Nc1ccc(NCC2CCCOC2)c(I)c1. The summed E-state index contributed by atoms with van der Waals surface area (Å²) in [4.78, 5) is 0. The van der Waals surface area contributed by atoms with Gasteiger partial charge in [0, 0.05) is 28.1 Å². The number of nitrogen functional groups attached to an aromatic ring is 1. The third kappa shape index (κ3) is 3.25. The molecule has 0 aliphatic carbocycles. The highest BCUT2D eigenvalue weighted by molar-refractivity contribution is 14.1. The van der Waals surface area contributed by atoms with E-state index in [0.29, 0.717) is 5.92 Å². The van der Waals surface area contributed by atoms with Crippen molar-refractivity contribution in [1.29, 1.82) is 0 Å². The normalized spacial score (nSPS) is 20.7. The minimum absolute atomic E-state index is 0.641. The van der Waals surface area contributed by atoms with Gasteiger partial charge in [-0.15, -0.1) is 0 Å². The van der Waals surface area contributed by atoms with Crippen LogP contribution >= 0.6 is 22.6 Å². The van der Waals surface area contributed by atoms with E-state index in [-0.39, 0.29) is 0 Å². The number of nitrogens with two attached hydrogens (primary N) is 1. The number of nitrogens with one attached hydrogen (secondary N) is 1. The molecule has 4 heteroatoms. The van der Waals surface area contributed by atoms with E-state index in [9.17, 15) is 0 Å². The predicted molar refractivity (Wildman–Crippen MR) is 75.6 cm³/mol. The maximum absolute atomic E-state index is 5.71. The van der Waals surface area contributed by atoms with Crippen molar-refractivity contribution in [2.75, 3.05) is 30.8 Å². The first-order valence-corrected chi connectivity index (χ1v) is 6.70. The molecule has 1 aliphatic heterocycles. The summed E-state index contributed by atoms with van der Waals surface area (Å²) < 4.78 is 6.63. The highest BCUT2D eigenvalue weighted by atomic mass is 127. The van der Waals surface area contributed by atoms with E-state index in [1.165, 1.54) is 22.1 Å². The van der Waals surface area contributed by atoms with E-state index in [2.05, 4.69) is 27.9 Å². The van der Waals surface area contributed by atoms with E-state index in [1.807, 2.05) is 18.2 Å². The second-order valence-corrected chi connectivity index (χ2v) is 5.37. The van der Waals surface area contributed by atoms with Gasteiger partial charge in [-0.1, -0.05) is 0 Å². The summed E-state index contributed by atoms with van der Waals surface area (Å²) in [6, 6.07) is 5.96. The Morgan fingerprint density at radius 1 is 1.50 bits per heavy atom. The number of halogens is 1. The molecule has 3 nitrogen and oxygen atoms in total. The van der Waals surface area contributed by atoms with Crippen LogP contribution in [0, 0.1) is 9.49 Å². The minimum Gasteiger partial charge on any atom is -0.399 e. The fourth-order valence-corrected chi connectivity index (χ4v) is 2.63. The molecule has 1 saturated heterocycles. The molecule has 1 fully saturated rings. The Balaban J connectivity index is 1.88. The van der Waals surface area contributed by atoms with E-state index in [0.717, 1.165) is 25.4 Å². The first kappa shape index (κ1) is 12.0. The Morgan fingerprint density at radius 2 is 2.38 bits per heavy atom. The summed E-state index contributed by atoms with van der Waals surface area (Å²) in [6.07, 6.45) is 2.45. The first-order chi connectivity index (χ1) is 7.75. The van der Waals surface area contributed by atoms with Crippen LogP contribution in [0.5, 0.6) is 0 Å². The van der Waals surface area contributed by atoms with E-state index >= 15 is 0 Å². The molecule has 0 spiro atoms. The molecule has 1 aliphatic rings.